The van der Waals surface area contributed by atoms with Crippen LogP contribution < -0.4 is 4.90 Å². The van der Waals surface area contributed by atoms with Crippen molar-refractivity contribution in [3.05, 3.63) is 42.5 Å². The zero-order valence-corrected chi connectivity index (χ0v) is 9.04. The Balaban J connectivity index is 2.19. The first kappa shape index (κ1) is 10.9. The van der Waals surface area contributed by atoms with Crippen LogP contribution in [0.15, 0.2) is 42.5 Å². The molecule has 0 saturated heterocycles. The predicted molar refractivity (Wildman–Crippen MR) is 63.1 cm³/mol. The molecule has 3 heteroatoms. The zero-order chi connectivity index (χ0) is 11.4. The van der Waals surface area contributed by atoms with E-state index in [4.69, 9.17) is 5.11 Å². The van der Waals surface area contributed by atoms with Gasteiger partial charge in [0.2, 0.25) is 5.91 Å². The number of carbonyl (C=O) groups is 1. The summed E-state index contributed by atoms with van der Waals surface area (Å²) in [6.45, 7) is 0.661. The van der Waals surface area contributed by atoms with Gasteiger partial charge < -0.3 is 10.0 Å². The number of rotatable bonds is 3. The Bertz CT molecular complexity index is 386. The fourth-order valence-electron chi connectivity index (χ4n) is 1.90. The van der Waals surface area contributed by atoms with E-state index in [0.717, 1.165) is 5.69 Å². The molecule has 0 bridgehead atoms. The van der Waals surface area contributed by atoms with Crippen LogP contribution in [0.25, 0.3) is 0 Å². The number of aliphatic hydroxyl groups is 1. The summed E-state index contributed by atoms with van der Waals surface area (Å²) in [6.07, 6.45) is 4.37. The van der Waals surface area contributed by atoms with Crippen LogP contribution in [0.1, 0.15) is 6.42 Å². The van der Waals surface area contributed by atoms with E-state index in [9.17, 15) is 4.79 Å². The van der Waals surface area contributed by atoms with Gasteiger partial charge in [0.1, 0.15) is 0 Å². The summed E-state index contributed by atoms with van der Waals surface area (Å²) >= 11 is 0. The summed E-state index contributed by atoms with van der Waals surface area (Å²) in [5.74, 6) is -0.110. The van der Waals surface area contributed by atoms with Gasteiger partial charge in [-0.15, -0.1) is 0 Å². The van der Waals surface area contributed by atoms with Gasteiger partial charge in [0.05, 0.1) is 5.92 Å². The minimum Gasteiger partial charge on any atom is -0.396 e. The zero-order valence-electron chi connectivity index (χ0n) is 9.04. The topological polar surface area (TPSA) is 40.5 Å². The molecule has 0 radical (unpaired) electrons. The standard InChI is InChI=1S/C13H15NO2/c15-10-8-11-5-4-9-14(13(11)16)12-6-2-1-3-7-12/h1-7,11,15H,8-10H2. The van der Waals surface area contributed by atoms with Crippen LogP contribution in [0.2, 0.25) is 0 Å². The molecule has 0 aliphatic carbocycles. The van der Waals surface area contributed by atoms with Crippen molar-refractivity contribution in [2.75, 3.05) is 18.1 Å². The van der Waals surface area contributed by atoms with Crippen LogP contribution in [0.4, 0.5) is 5.69 Å². The van der Waals surface area contributed by atoms with E-state index < -0.39 is 0 Å². The number of amides is 1. The Morgan fingerprint density at radius 2 is 2.06 bits per heavy atom. The second kappa shape index (κ2) is 4.94. The molecule has 0 saturated carbocycles. The molecular weight excluding hydrogens is 202 g/mol. The molecule has 1 aliphatic heterocycles. The molecule has 1 aromatic carbocycles. The van der Waals surface area contributed by atoms with Crippen molar-refractivity contribution in [2.24, 2.45) is 5.92 Å². The Hall–Kier alpha value is -1.61. The first-order chi connectivity index (χ1) is 7.83. The van der Waals surface area contributed by atoms with E-state index in [0.29, 0.717) is 13.0 Å². The average molecular weight is 217 g/mol. The van der Waals surface area contributed by atoms with Crippen molar-refractivity contribution in [2.45, 2.75) is 6.42 Å². The third-order valence-corrected chi connectivity index (χ3v) is 2.75. The van der Waals surface area contributed by atoms with Crippen molar-refractivity contribution in [1.82, 2.24) is 0 Å². The van der Waals surface area contributed by atoms with Gasteiger partial charge >= 0.3 is 0 Å². The molecule has 1 aromatic rings. The smallest absolute Gasteiger partial charge is 0.234 e. The van der Waals surface area contributed by atoms with Gasteiger partial charge in [0.25, 0.3) is 0 Å². The van der Waals surface area contributed by atoms with Gasteiger partial charge in [-0.1, -0.05) is 30.4 Å². The summed E-state index contributed by atoms with van der Waals surface area (Å²) < 4.78 is 0. The monoisotopic (exact) mass is 217 g/mol. The number of hydrogen-bond acceptors (Lipinski definition) is 2. The third-order valence-electron chi connectivity index (χ3n) is 2.75. The van der Waals surface area contributed by atoms with Gasteiger partial charge in [-0.2, -0.15) is 0 Å². The quantitative estimate of drug-likeness (QED) is 0.781. The molecule has 1 heterocycles. The first-order valence-electron chi connectivity index (χ1n) is 5.47. The summed E-state index contributed by atoms with van der Waals surface area (Å²) in [5.41, 5.74) is 0.916. The van der Waals surface area contributed by atoms with Gasteiger partial charge in [-0.25, -0.2) is 0 Å². The van der Waals surface area contributed by atoms with Gasteiger partial charge in [0.15, 0.2) is 0 Å². The molecule has 1 amide bonds. The fourth-order valence-corrected chi connectivity index (χ4v) is 1.90. The second-order valence-corrected chi connectivity index (χ2v) is 3.83. The molecular formula is C13H15NO2. The molecule has 1 N–H and O–H groups in total. The lowest BCUT2D eigenvalue weighted by molar-refractivity contribution is -0.121. The van der Waals surface area contributed by atoms with Crippen LogP contribution in [0.5, 0.6) is 0 Å². The molecule has 0 fully saturated rings. The van der Waals surface area contributed by atoms with Crippen LogP contribution in [0, 0.1) is 5.92 Å². The predicted octanol–water partition coefficient (Wildman–Crippen LogP) is 1.59. The normalized spacial score (nSPS) is 20.2. The molecule has 3 nitrogen and oxygen atoms in total. The van der Waals surface area contributed by atoms with Crippen LogP contribution in [-0.4, -0.2) is 24.2 Å². The Labute approximate surface area is 95.0 Å². The van der Waals surface area contributed by atoms with E-state index in [2.05, 4.69) is 0 Å². The highest BCUT2D eigenvalue weighted by atomic mass is 16.3. The minimum atomic E-state index is -0.182. The lowest BCUT2D eigenvalue weighted by Crippen LogP contribution is -2.38. The summed E-state index contributed by atoms with van der Waals surface area (Å²) in [5, 5.41) is 8.89. The Morgan fingerprint density at radius 1 is 1.31 bits per heavy atom. The van der Waals surface area contributed by atoms with Crippen molar-refractivity contribution in [1.29, 1.82) is 0 Å². The number of para-hydroxylation sites is 1. The number of aliphatic hydroxyl groups excluding tert-OH is 1. The summed E-state index contributed by atoms with van der Waals surface area (Å²) in [7, 11) is 0. The first-order valence-corrected chi connectivity index (χ1v) is 5.47. The highest BCUT2D eigenvalue weighted by Crippen LogP contribution is 2.21. The molecule has 0 spiro atoms. The minimum absolute atomic E-state index is 0.0450. The fraction of sp³-hybridized carbons (Fsp3) is 0.308. The lowest BCUT2D eigenvalue weighted by Gasteiger charge is -2.28. The SMILES string of the molecule is O=C1C(CCO)C=CCN1c1ccccc1. The molecule has 0 aromatic heterocycles. The van der Waals surface area contributed by atoms with Crippen LogP contribution in [-0.2, 0) is 4.79 Å². The molecule has 1 aliphatic rings. The van der Waals surface area contributed by atoms with Gasteiger partial charge in [0, 0.05) is 18.8 Å². The number of carbonyl (C=O) groups excluding carboxylic acids is 1. The largest absolute Gasteiger partial charge is 0.396 e. The Kier molecular flexibility index (Phi) is 3.37. The van der Waals surface area contributed by atoms with E-state index in [1.165, 1.54) is 0 Å². The van der Waals surface area contributed by atoms with E-state index >= 15 is 0 Å². The highest BCUT2D eigenvalue weighted by molar-refractivity contribution is 5.97. The van der Waals surface area contributed by atoms with Gasteiger partial charge in [-0.05, 0) is 18.6 Å². The molecule has 2 rings (SSSR count). The molecule has 84 valence electrons. The van der Waals surface area contributed by atoms with Crippen molar-refractivity contribution in [3.8, 4) is 0 Å². The van der Waals surface area contributed by atoms with E-state index in [1.54, 1.807) is 4.90 Å². The molecule has 1 atom stereocenters. The van der Waals surface area contributed by atoms with Crippen molar-refractivity contribution in [3.63, 3.8) is 0 Å². The van der Waals surface area contributed by atoms with Crippen LogP contribution >= 0.6 is 0 Å². The van der Waals surface area contributed by atoms with Crippen LogP contribution in [0.3, 0.4) is 0 Å². The summed E-state index contributed by atoms with van der Waals surface area (Å²) in [6, 6.07) is 9.61. The summed E-state index contributed by atoms with van der Waals surface area (Å²) in [4.78, 5) is 13.8. The van der Waals surface area contributed by atoms with Crippen molar-refractivity contribution < 1.29 is 9.90 Å². The molecule has 16 heavy (non-hydrogen) atoms. The number of hydrogen-bond donors (Lipinski definition) is 1. The Morgan fingerprint density at radius 3 is 2.75 bits per heavy atom. The highest BCUT2D eigenvalue weighted by Gasteiger charge is 2.25. The lowest BCUT2D eigenvalue weighted by atomic mass is 10.00. The maximum absolute atomic E-state index is 12.1. The number of benzene rings is 1. The van der Waals surface area contributed by atoms with E-state index in [-0.39, 0.29) is 18.4 Å². The molecule has 1 unspecified atom stereocenters. The number of anilines is 1. The van der Waals surface area contributed by atoms with Gasteiger partial charge in [-0.3, -0.25) is 4.79 Å². The van der Waals surface area contributed by atoms with Crippen molar-refractivity contribution >= 4 is 11.6 Å². The second-order valence-electron chi connectivity index (χ2n) is 3.83. The maximum Gasteiger partial charge on any atom is 0.234 e. The van der Waals surface area contributed by atoms with E-state index in [1.807, 2.05) is 42.5 Å². The third kappa shape index (κ3) is 2.14. The maximum atomic E-state index is 12.1. The number of nitrogens with zero attached hydrogens (tertiary/aromatic N) is 1. The average Bonchev–Trinajstić information content (AvgIpc) is 2.33.